The van der Waals surface area contributed by atoms with E-state index in [0.29, 0.717) is 12.3 Å². The van der Waals surface area contributed by atoms with Crippen LogP contribution in [0.5, 0.6) is 0 Å². The van der Waals surface area contributed by atoms with Gasteiger partial charge in [0.25, 0.3) is 0 Å². The number of hydrazine groups is 1. The Bertz CT molecular complexity index is 198. The molecule has 0 aliphatic heterocycles. The summed E-state index contributed by atoms with van der Waals surface area (Å²) in [5.74, 6) is 0.332. The lowest BCUT2D eigenvalue weighted by molar-refractivity contribution is 0.254. The molecule has 0 saturated heterocycles. The SMILES string of the molecule is CN(C)NCC1(CC(N)=NO)CC1. The van der Waals surface area contributed by atoms with Crippen LogP contribution in [0.4, 0.5) is 0 Å². The standard InChI is InChI=1S/C8H18N4O/c1-12(2)10-6-8(3-4-8)5-7(9)11-13/h10,13H,3-6H2,1-2H3,(H2,9,11). The first-order chi connectivity index (χ1) is 6.08. The third-order valence-corrected chi connectivity index (χ3v) is 2.41. The zero-order valence-electron chi connectivity index (χ0n) is 8.25. The summed E-state index contributed by atoms with van der Waals surface area (Å²) in [5, 5.41) is 13.4. The van der Waals surface area contributed by atoms with Crippen molar-refractivity contribution in [3.05, 3.63) is 0 Å². The smallest absolute Gasteiger partial charge is 0.139 e. The van der Waals surface area contributed by atoms with Crippen molar-refractivity contribution in [1.82, 2.24) is 10.4 Å². The number of nitrogens with one attached hydrogen (secondary N) is 1. The topological polar surface area (TPSA) is 73.9 Å². The summed E-state index contributed by atoms with van der Waals surface area (Å²) in [7, 11) is 3.92. The molecule has 0 aromatic heterocycles. The molecule has 0 amide bonds. The summed E-state index contributed by atoms with van der Waals surface area (Å²) < 4.78 is 0. The lowest BCUT2D eigenvalue weighted by atomic mass is 10.0. The monoisotopic (exact) mass is 186 g/mol. The molecule has 1 rings (SSSR count). The van der Waals surface area contributed by atoms with E-state index in [4.69, 9.17) is 10.9 Å². The number of hydrogen-bond acceptors (Lipinski definition) is 4. The highest BCUT2D eigenvalue weighted by atomic mass is 16.4. The normalized spacial score (nSPS) is 20.7. The Morgan fingerprint density at radius 2 is 2.23 bits per heavy atom. The molecule has 0 atom stereocenters. The van der Waals surface area contributed by atoms with Crippen LogP contribution < -0.4 is 11.2 Å². The molecule has 0 unspecified atom stereocenters. The van der Waals surface area contributed by atoms with Gasteiger partial charge in [-0.3, -0.25) is 10.4 Å². The molecule has 0 radical (unpaired) electrons. The second kappa shape index (κ2) is 3.93. The van der Waals surface area contributed by atoms with E-state index in [2.05, 4.69) is 10.6 Å². The Balaban J connectivity index is 2.31. The van der Waals surface area contributed by atoms with Gasteiger partial charge in [0.2, 0.25) is 0 Å². The van der Waals surface area contributed by atoms with Gasteiger partial charge in [-0.05, 0) is 18.3 Å². The average molecular weight is 186 g/mol. The summed E-state index contributed by atoms with van der Waals surface area (Å²) in [4.78, 5) is 0. The molecule has 0 spiro atoms. The van der Waals surface area contributed by atoms with Gasteiger partial charge in [-0.25, -0.2) is 0 Å². The zero-order valence-corrected chi connectivity index (χ0v) is 8.25. The molecular formula is C8H18N4O. The minimum absolute atomic E-state index is 0.237. The maximum Gasteiger partial charge on any atom is 0.139 e. The van der Waals surface area contributed by atoms with Gasteiger partial charge < -0.3 is 10.9 Å². The largest absolute Gasteiger partial charge is 0.409 e. The van der Waals surface area contributed by atoms with E-state index < -0.39 is 0 Å². The number of hydrogen-bond donors (Lipinski definition) is 3. The fraction of sp³-hybridized carbons (Fsp3) is 0.875. The van der Waals surface area contributed by atoms with Crippen LogP contribution in [0.2, 0.25) is 0 Å². The predicted octanol–water partition coefficient (Wildman–Crippen LogP) is -0.0307. The first-order valence-electron chi connectivity index (χ1n) is 4.45. The van der Waals surface area contributed by atoms with Crippen LogP contribution in [0.25, 0.3) is 0 Å². The van der Waals surface area contributed by atoms with E-state index in [9.17, 15) is 0 Å². The van der Waals surface area contributed by atoms with Crippen molar-refractivity contribution in [3.63, 3.8) is 0 Å². The maximum absolute atomic E-state index is 8.44. The van der Waals surface area contributed by atoms with Gasteiger partial charge in [0, 0.05) is 27.1 Å². The van der Waals surface area contributed by atoms with Crippen molar-refractivity contribution in [3.8, 4) is 0 Å². The Morgan fingerprint density at radius 1 is 1.62 bits per heavy atom. The van der Waals surface area contributed by atoms with Crippen LogP contribution in [-0.2, 0) is 0 Å². The van der Waals surface area contributed by atoms with Gasteiger partial charge in [-0.15, -0.1) is 0 Å². The highest BCUT2D eigenvalue weighted by molar-refractivity contribution is 5.80. The van der Waals surface area contributed by atoms with Gasteiger partial charge in [0.15, 0.2) is 0 Å². The Hall–Kier alpha value is -0.810. The van der Waals surface area contributed by atoms with Gasteiger partial charge in [-0.2, -0.15) is 0 Å². The summed E-state index contributed by atoms with van der Waals surface area (Å²) in [6, 6.07) is 0. The lowest BCUT2D eigenvalue weighted by Crippen LogP contribution is -2.36. The van der Waals surface area contributed by atoms with Crippen LogP contribution in [0.3, 0.4) is 0 Å². The number of rotatable bonds is 5. The van der Waals surface area contributed by atoms with E-state index in [1.807, 2.05) is 19.1 Å². The molecule has 1 aliphatic rings. The van der Waals surface area contributed by atoms with E-state index in [0.717, 1.165) is 19.4 Å². The molecule has 5 nitrogen and oxygen atoms in total. The van der Waals surface area contributed by atoms with Crippen LogP contribution >= 0.6 is 0 Å². The molecule has 4 N–H and O–H groups in total. The number of nitrogens with zero attached hydrogens (tertiary/aromatic N) is 2. The molecule has 0 heterocycles. The average Bonchev–Trinajstić information content (AvgIpc) is 2.82. The van der Waals surface area contributed by atoms with E-state index in [1.165, 1.54) is 0 Å². The van der Waals surface area contributed by atoms with Crippen molar-refractivity contribution >= 4 is 5.84 Å². The lowest BCUT2D eigenvalue weighted by Gasteiger charge is -2.18. The number of amidine groups is 1. The number of oxime groups is 1. The Kier molecular flexibility index (Phi) is 3.11. The first-order valence-corrected chi connectivity index (χ1v) is 4.45. The van der Waals surface area contributed by atoms with Crippen LogP contribution in [0.1, 0.15) is 19.3 Å². The summed E-state index contributed by atoms with van der Waals surface area (Å²) in [6.07, 6.45) is 3.00. The minimum atomic E-state index is 0.237. The minimum Gasteiger partial charge on any atom is -0.409 e. The van der Waals surface area contributed by atoms with Gasteiger partial charge in [0.1, 0.15) is 5.84 Å². The second-order valence-electron chi connectivity index (χ2n) is 4.00. The van der Waals surface area contributed by atoms with Gasteiger partial charge >= 0.3 is 0 Å². The molecule has 0 aromatic carbocycles. The fourth-order valence-electron chi connectivity index (χ4n) is 1.34. The maximum atomic E-state index is 8.44. The van der Waals surface area contributed by atoms with Crippen molar-refractivity contribution < 1.29 is 5.21 Å². The molecule has 1 saturated carbocycles. The Labute approximate surface area is 78.6 Å². The summed E-state index contributed by atoms with van der Waals surface area (Å²) >= 11 is 0. The number of nitrogens with two attached hydrogens (primary N) is 1. The molecule has 76 valence electrons. The first kappa shape index (κ1) is 10.3. The fourth-order valence-corrected chi connectivity index (χ4v) is 1.34. The quantitative estimate of drug-likeness (QED) is 0.244. The van der Waals surface area contributed by atoms with Gasteiger partial charge in [-0.1, -0.05) is 5.16 Å². The van der Waals surface area contributed by atoms with E-state index in [-0.39, 0.29) is 5.41 Å². The molecule has 0 bridgehead atoms. The third-order valence-electron chi connectivity index (χ3n) is 2.41. The predicted molar refractivity (Wildman–Crippen MR) is 51.4 cm³/mol. The molecule has 1 fully saturated rings. The molecule has 1 aliphatic carbocycles. The molecular weight excluding hydrogens is 168 g/mol. The van der Waals surface area contributed by atoms with Crippen LogP contribution in [0, 0.1) is 5.41 Å². The van der Waals surface area contributed by atoms with E-state index >= 15 is 0 Å². The highest BCUT2D eigenvalue weighted by Gasteiger charge is 2.43. The van der Waals surface area contributed by atoms with Crippen molar-refractivity contribution in [2.75, 3.05) is 20.6 Å². The summed E-state index contributed by atoms with van der Waals surface area (Å²) in [6.45, 7) is 0.899. The Morgan fingerprint density at radius 3 is 2.62 bits per heavy atom. The van der Waals surface area contributed by atoms with Crippen molar-refractivity contribution in [2.24, 2.45) is 16.3 Å². The van der Waals surface area contributed by atoms with E-state index in [1.54, 1.807) is 0 Å². The van der Waals surface area contributed by atoms with Crippen LogP contribution in [-0.4, -0.2) is 36.7 Å². The van der Waals surface area contributed by atoms with Gasteiger partial charge in [0.05, 0.1) is 0 Å². The second-order valence-corrected chi connectivity index (χ2v) is 4.00. The van der Waals surface area contributed by atoms with Crippen molar-refractivity contribution in [1.29, 1.82) is 0 Å². The molecule has 13 heavy (non-hydrogen) atoms. The third kappa shape index (κ3) is 3.20. The highest BCUT2D eigenvalue weighted by Crippen LogP contribution is 2.48. The van der Waals surface area contributed by atoms with Crippen molar-refractivity contribution in [2.45, 2.75) is 19.3 Å². The summed E-state index contributed by atoms with van der Waals surface area (Å²) in [5.41, 5.74) is 8.92. The van der Waals surface area contributed by atoms with Crippen LogP contribution in [0.15, 0.2) is 5.16 Å². The zero-order chi connectivity index (χ0) is 9.90. The molecule has 0 aromatic rings. The molecule has 5 heteroatoms.